The number of carbonyl (C=O) groups is 1. The van der Waals surface area contributed by atoms with Crippen molar-refractivity contribution in [3.05, 3.63) is 83.2 Å². The number of carbonyl (C=O) groups excluding carboxylic acids is 1. The lowest BCUT2D eigenvalue weighted by atomic mass is 10.0. The zero-order valence-electron chi connectivity index (χ0n) is 19.0. The van der Waals surface area contributed by atoms with E-state index in [-0.39, 0.29) is 24.7 Å². The molecule has 0 N–H and O–H groups in total. The first kappa shape index (κ1) is 23.5. The number of aryl methyl sites for hydroxylation is 1. The van der Waals surface area contributed by atoms with Crippen molar-refractivity contribution in [1.29, 1.82) is 0 Å². The van der Waals surface area contributed by atoms with Gasteiger partial charge in [0.15, 0.2) is 5.83 Å². The van der Waals surface area contributed by atoms with Crippen LogP contribution in [-0.2, 0) is 18.0 Å². The number of fused-ring (bicyclic) bond motifs is 1. The number of aromatic nitrogens is 4. The predicted octanol–water partition coefficient (Wildman–Crippen LogP) is 4.35. The fourth-order valence-corrected chi connectivity index (χ4v) is 4.27. The van der Waals surface area contributed by atoms with E-state index >= 15 is 0 Å². The van der Waals surface area contributed by atoms with E-state index in [1.165, 1.54) is 27.7 Å². The second kappa shape index (κ2) is 8.43. The van der Waals surface area contributed by atoms with E-state index in [2.05, 4.69) is 16.7 Å². The number of hydrogen-bond acceptors (Lipinski definition) is 4. The normalized spacial score (nSPS) is 14.2. The number of likely N-dealkylation sites (tertiary alicyclic amines) is 1. The van der Waals surface area contributed by atoms with E-state index in [1.54, 1.807) is 36.3 Å². The Morgan fingerprint density at radius 3 is 2.33 bits per heavy atom. The molecule has 0 unspecified atom stereocenters. The fourth-order valence-electron chi connectivity index (χ4n) is 4.27. The maximum Gasteiger partial charge on any atom is 0.416 e. The van der Waals surface area contributed by atoms with Crippen LogP contribution in [0.2, 0.25) is 0 Å². The summed E-state index contributed by atoms with van der Waals surface area (Å²) in [5.74, 6) is -1.86. The lowest BCUT2D eigenvalue weighted by Crippen LogP contribution is -2.51. The van der Waals surface area contributed by atoms with Crippen LogP contribution in [0, 0.1) is 0 Å². The molecule has 4 aromatic rings. The van der Waals surface area contributed by atoms with Gasteiger partial charge in [0.1, 0.15) is 11.2 Å². The zero-order chi connectivity index (χ0) is 25.8. The predicted molar refractivity (Wildman–Crippen MR) is 125 cm³/mol. The molecule has 0 bridgehead atoms. The van der Waals surface area contributed by atoms with E-state index in [1.807, 2.05) is 0 Å². The molecule has 36 heavy (non-hydrogen) atoms. The number of rotatable bonds is 4. The lowest BCUT2D eigenvalue weighted by Gasteiger charge is -2.39. The highest BCUT2D eigenvalue weighted by molar-refractivity contribution is 5.99. The Kier molecular flexibility index (Phi) is 5.50. The number of benzene rings is 1. The van der Waals surface area contributed by atoms with Crippen molar-refractivity contribution < 1.29 is 22.4 Å². The molecule has 7 nitrogen and oxygen atoms in total. The second-order valence-corrected chi connectivity index (χ2v) is 8.56. The van der Waals surface area contributed by atoms with E-state index in [9.17, 15) is 27.2 Å². The Hall–Kier alpha value is -4.28. The van der Waals surface area contributed by atoms with Crippen molar-refractivity contribution in [2.24, 2.45) is 7.05 Å². The summed E-state index contributed by atoms with van der Waals surface area (Å²) in [7, 11) is 1.62. The van der Waals surface area contributed by atoms with Crippen molar-refractivity contribution in [3.8, 4) is 22.4 Å². The van der Waals surface area contributed by atoms with Crippen LogP contribution in [0.4, 0.5) is 17.6 Å². The molecule has 0 aliphatic carbocycles. The summed E-state index contributed by atoms with van der Waals surface area (Å²) in [6.45, 7) is 3.39. The highest BCUT2D eigenvalue weighted by atomic mass is 19.4. The molecule has 1 aliphatic rings. The molecular weight excluding hydrogens is 478 g/mol. The molecule has 11 heteroatoms. The van der Waals surface area contributed by atoms with Crippen LogP contribution in [0.15, 0.2) is 72.1 Å². The molecule has 4 heterocycles. The van der Waals surface area contributed by atoms with Crippen molar-refractivity contribution in [2.45, 2.75) is 12.2 Å². The minimum atomic E-state index is -4.48. The van der Waals surface area contributed by atoms with Gasteiger partial charge in [0.25, 0.3) is 5.91 Å². The fraction of sp³-hybridized carbons (Fsp3) is 0.200. The van der Waals surface area contributed by atoms with E-state index < -0.39 is 23.5 Å². The first-order chi connectivity index (χ1) is 17.0. The molecule has 1 saturated heterocycles. The van der Waals surface area contributed by atoms with Crippen molar-refractivity contribution in [3.63, 3.8) is 0 Å². The van der Waals surface area contributed by atoms with Gasteiger partial charge >= 0.3 is 6.18 Å². The number of pyridine rings is 2. The summed E-state index contributed by atoms with van der Waals surface area (Å²) in [5, 5.41) is 4.69. The highest BCUT2D eigenvalue weighted by Gasteiger charge is 2.36. The van der Waals surface area contributed by atoms with Gasteiger partial charge < -0.3 is 9.47 Å². The van der Waals surface area contributed by atoms with Gasteiger partial charge in [0.2, 0.25) is 5.56 Å². The molecule has 0 saturated carbocycles. The summed E-state index contributed by atoms with van der Waals surface area (Å²) < 4.78 is 55.6. The second-order valence-electron chi connectivity index (χ2n) is 8.56. The smallest absolute Gasteiger partial charge is 0.332 e. The number of halogens is 4. The van der Waals surface area contributed by atoms with Gasteiger partial charge in [-0.3, -0.25) is 19.3 Å². The highest BCUT2D eigenvalue weighted by Crippen LogP contribution is 2.38. The maximum atomic E-state index is 13.3. The third kappa shape index (κ3) is 3.96. The monoisotopic (exact) mass is 497 g/mol. The average molecular weight is 497 g/mol. The Bertz CT molecular complexity index is 1560. The van der Waals surface area contributed by atoms with E-state index in [4.69, 9.17) is 0 Å². The third-order valence-electron chi connectivity index (χ3n) is 6.20. The van der Waals surface area contributed by atoms with Crippen molar-refractivity contribution >= 4 is 16.9 Å². The third-order valence-corrected chi connectivity index (χ3v) is 6.20. The summed E-state index contributed by atoms with van der Waals surface area (Å²) in [6.07, 6.45) is -1.25. The van der Waals surface area contributed by atoms with Gasteiger partial charge in [-0.25, -0.2) is 4.39 Å². The van der Waals surface area contributed by atoms with Crippen molar-refractivity contribution in [2.75, 3.05) is 13.1 Å². The quantitative estimate of drug-likeness (QED) is 0.311. The van der Waals surface area contributed by atoms with Crippen LogP contribution in [0.5, 0.6) is 0 Å². The van der Waals surface area contributed by atoms with E-state index in [0.29, 0.717) is 33.4 Å². The Balaban J connectivity index is 1.66. The van der Waals surface area contributed by atoms with Crippen molar-refractivity contribution in [1.82, 2.24) is 24.2 Å². The average Bonchev–Trinajstić information content (AvgIpc) is 3.19. The largest absolute Gasteiger partial charge is 0.416 e. The van der Waals surface area contributed by atoms with Gasteiger partial charge in [-0.05, 0) is 24.3 Å². The molecule has 1 fully saturated rings. The number of amides is 1. The maximum absolute atomic E-state index is 13.3. The molecule has 3 aromatic heterocycles. The zero-order valence-corrected chi connectivity index (χ0v) is 19.0. The van der Waals surface area contributed by atoms with Crippen LogP contribution < -0.4 is 5.56 Å². The Morgan fingerprint density at radius 1 is 1.06 bits per heavy atom. The van der Waals surface area contributed by atoms with Gasteiger partial charge in [0.05, 0.1) is 17.1 Å². The van der Waals surface area contributed by atoms with Crippen LogP contribution in [0.1, 0.15) is 11.6 Å². The first-order valence-electron chi connectivity index (χ1n) is 10.9. The van der Waals surface area contributed by atoms with Gasteiger partial charge in [-0.15, -0.1) is 0 Å². The number of hydrogen-bond donors (Lipinski definition) is 0. The summed E-state index contributed by atoms with van der Waals surface area (Å²) in [5.41, 5.74) is 2.25. The summed E-state index contributed by atoms with van der Waals surface area (Å²) >= 11 is 0. The summed E-state index contributed by atoms with van der Waals surface area (Å²) in [6, 6.07) is 9.14. The molecule has 1 aromatic carbocycles. The number of alkyl halides is 3. The first-order valence-corrected chi connectivity index (χ1v) is 10.9. The molecule has 1 amide bonds. The van der Waals surface area contributed by atoms with Crippen LogP contribution in [-0.4, -0.2) is 43.2 Å². The molecule has 0 atom stereocenters. The molecule has 5 rings (SSSR count). The molecule has 1 aliphatic heterocycles. The number of nitrogens with zero attached hydrogens (tertiary/aromatic N) is 5. The molecular formula is C25H19F4N5O2. The molecule has 0 spiro atoms. The van der Waals surface area contributed by atoms with Gasteiger partial charge in [0, 0.05) is 55.3 Å². The van der Waals surface area contributed by atoms with Crippen LogP contribution in [0.25, 0.3) is 33.4 Å². The van der Waals surface area contributed by atoms with E-state index in [0.717, 1.165) is 12.1 Å². The Labute approximate surface area is 201 Å². The van der Waals surface area contributed by atoms with Crippen LogP contribution >= 0.6 is 0 Å². The molecule has 184 valence electrons. The minimum absolute atomic E-state index is 0.173. The standard InChI is InChI=1S/C25H19F4N5O2/c1-14(26)24(36)33-12-18(13-33)34-23-19(16-5-8-20(35)32(2)11-16)9-10-30-22(23)21(31-34)15-3-6-17(7-4-15)25(27,28)29/h3-11,18H,1,12-13H2,2H3. The lowest BCUT2D eigenvalue weighted by molar-refractivity contribution is -0.137. The van der Waals surface area contributed by atoms with Gasteiger partial charge in [-0.2, -0.15) is 18.3 Å². The summed E-state index contributed by atoms with van der Waals surface area (Å²) in [4.78, 5) is 29.6. The van der Waals surface area contributed by atoms with Crippen LogP contribution in [0.3, 0.4) is 0 Å². The SMILES string of the molecule is C=C(F)C(=O)N1CC(n2nc(-c3ccc(C(F)(F)F)cc3)c3nccc(-c4ccc(=O)n(C)c4)c32)C1. The topological polar surface area (TPSA) is 73.0 Å². The minimum Gasteiger partial charge on any atom is -0.332 e. The molecule has 0 radical (unpaired) electrons. The van der Waals surface area contributed by atoms with Gasteiger partial charge in [-0.1, -0.05) is 18.7 Å². The Morgan fingerprint density at radius 2 is 1.72 bits per heavy atom.